The van der Waals surface area contributed by atoms with Crippen molar-refractivity contribution >= 4 is 53.9 Å². The summed E-state index contributed by atoms with van der Waals surface area (Å²) in [5.74, 6) is 0.619. The zero-order valence-electron chi connectivity index (χ0n) is 33.2. The van der Waals surface area contributed by atoms with Crippen LogP contribution in [0.25, 0.3) is 87.2 Å². The quantitative estimate of drug-likeness (QED) is 0.129. The second-order valence-electron chi connectivity index (χ2n) is 14.9. The van der Waals surface area contributed by atoms with Gasteiger partial charge < -0.3 is 0 Å². The van der Waals surface area contributed by atoms with Gasteiger partial charge in [-0.05, 0) is 111 Å². The number of hydrogen-bond donors (Lipinski definition) is 0. The van der Waals surface area contributed by atoms with Crippen molar-refractivity contribution in [2.45, 2.75) is 13.8 Å². The molecule has 0 N–H and O–H groups in total. The van der Waals surface area contributed by atoms with E-state index in [0.29, 0.717) is 5.82 Å². The van der Waals surface area contributed by atoms with Crippen LogP contribution in [0.15, 0.2) is 207 Å². The number of nitrogens with zero attached hydrogens (tertiary/aromatic N) is 2. The van der Waals surface area contributed by atoms with Crippen molar-refractivity contribution in [3.8, 4) is 44.6 Å². The van der Waals surface area contributed by atoms with Gasteiger partial charge in [-0.15, -0.1) is 11.3 Å². The highest BCUT2D eigenvalue weighted by Gasteiger charge is 2.17. The monoisotopic (exact) mass is 774 g/mol. The fraction of sp³-hybridized carbons (Fsp3) is 0.0357. The van der Waals surface area contributed by atoms with Gasteiger partial charge in [0.15, 0.2) is 5.82 Å². The minimum Gasteiger partial charge on any atom is -0.226 e. The maximum atomic E-state index is 5.29. The lowest BCUT2D eigenvalue weighted by atomic mass is 9.96. The maximum absolute atomic E-state index is 5.29. The van der Waals surface area contributed by atoms with Crippen LogP contribution in [0, 0.1) is 0 Å². The van der Waals surface area contributed by atoms with Crippen molar-refractivity contribution in [1.82, 2.24) is 9.97 Å². The van der Waals surface area contributed by atoms with Crippen LogP contribution in [-0.4, -0.2) is 9.97 Å². The number of hydrogen-bond acceptors (Lipinski definition) is 3. The molecule has 0 aliphatic carbocycles. The van der Waals surface area contributed by atoms with E-state index in [0.717, 1.165) is 77.0 Å². The number of aromatic nitrogens is 2. The van der Waals surface area contributed by atoms with E-state index in [9.17, 15) is 0 Å². The molecule has 0 unspecified atom stereocenters. The SMILES string of the molecule is C=C(/C=C(\C)c1cccc(/C(C)=C/C(=C)c2nc(-c3cccc(-c4cccc(-c5ccc(-c6ccccc6)cc5)c4)c3)c3sc4ccccc4c3n2)c1)c1ccccc1. The van der Waals surface area contributed by atoms with Gasteiger partial charge in [-0.3, -0.25) is 0 Å². The third-order valence-corrected chi connectivity index (χ3v) is 12.0. The smallest absolute Gasteiger partial charge is 0.159 e. The fourth-order valence-corrected chi connectivity index (χ4v) is 8.79. The van der Waals surface area contributed by atoms with Crippen molar-refractivity contribution in [2.75, 3.05) is 0 Å². The first kappa shape index (κ1) is 37.4. The van der Waals surface area contributed by atoms with Crippen molar-refractivity contribution in [3.63, 3.8) is 0 Å². The molecule has 59 heavy (non-hydrogen) atoms. The van der Waals surface area contributed by atoms with Crippen LogP contribution in [0.2, 0.25) is 0 Å². The molecule has 9 aromatic rings. The van der Waals surface area contributed by atoms with Crippen LogP contribution >= 0.6 is 11.3 Å². The van der Waals surface area contributed by atoms with E-state index in [1.165, 1.54) is 27.0 Å². The molecule has 2 heterocycles. The highest BCUT2D eigenvalue weighted by molar-refractivity contribution is 7.26. The fourth-order valence-electron chi connectivity index (χ4n) is 7.64. The molecule has 0 amide bonds. The average Bonchev–Trinajstić information content (AvgIpc) is 3.68. The molecule has 0 saturated heterocycles. The minimum atomic E-state index is 0.619. The number of benzene rings is 7. The summed E-state index contributed by atoms with van der Waals surface area (Å²) in [7, 11) is 0. The second-order valence-corrected chi connectivity index (χ2v) is 16.0. The molecule has 0 aliphatic rings. The molecule has 0 atom stereocenters. The topological polar surface area (TPSA) is 25.8 Å². The summed E-state index contributed by atoms with van der Waals surface area (Å²) >= 11 is 1.74. The van der Waals surface area contributed by atoms with Gasteiger partial charge >= 0.3 is 0 Å². The van der Waals surface area contributed by atoms with Gasteiger partial charge in [-0.2, -0.15) is 0 Å². The summed E-state index contributed by atoms with van der Waals surface area (Å²) < 4.78 is 2.25. The third kappa shape index (κ3) is 7.89. The first-order valence-electron chi connectivity index (χ1n) is 19.8. The molecule has 9 rings (SSSR count). The maximum Gasteiger partial charge on any atom is 0.159 e. The Kier molecular flexibility index (Phi) is 10.4. The van der Waals surface area contributed by atoms with E-state index < -0.39 is 0 Å². The van der Waals surface area contributed by atoms with E-state index in [-0.39, 0.29) is 0 Å². The molecular formula is C56H42N2S. The van der Waals surface area contributed by atoms with E-state index in [1.54, 1.807) is 11.3 Å². The van der Waals surface area contributed by atoms with Crippen molar-refractivity contribution in [3.05, 3.63) is 230 Å². The van der Waals surface area contributed by atoms with Crippen molar-refractivity contribution < 1.29 is 0 Å². The average molecular weight is 775 g/mol. The molecule has 0 fully saturated rings. The van der Waals surface area contributed by atoms with Crippen LogP contribution in [0.4, 0.5) is 0 Å². The highest BCUT2D eigenvalue weighted by Crippen LogP contribution is 2.40. The lowest BCUT2D eigenvalue weighted by Crippen LogP contribution is -1.96. The lowest BCUT2D eigenvalue weighted by molar-refractivity contribution is 1.18. The van der Waals surface area contributed by atoms with Crippen molar-refractivity contribution in [1.29, 1.82) is 0 Å². The van der Waals surface area contributed by atoms with Crippen LogP contribution in [0.5, 0.6) is 0 Å². The standard InChI is InChI=1S/C56H42N2S/c1-37(41-16-7-5-8-17-41)32-38(2)45-20-13-21-46(34-45)39(3)33-40(4)56-57-53(55-54(58-56)51-26-11-12-27-52(51)59-55)50-25-15-24-49(36-50)48-23-14-22-47(35-48)44-30-28-43(29-31-44)42-18-9-6-10-19-42/h5-36H,1,4H2,2-3H3/b38-32+,39-33+. The van der Waals surface area contributed by atoms with E-state index in [2.05, 4.69) is 203 Å². The molecule has 2 aromatic heterocycles. The number of fused-ring (bicyclic) bond motifs is 3. The molecule has 2 nitrogen and oxygen atoms in total. The Bertz CT molecular complexity index is 3080. The summed E-state index contributed by atoms with van der Waals surface area (Å²) in [6, 6.07) is 64.2. The van der Waals surface area contributed by atoms with Gasteiger partial charge in [0.2, 0.25) is 0 Å². The Morgan fingerprint density at radius 1 is 0.441 bits per heavy atom. The number of allylic oxidation sites excluding steroid dienone is 6. The van der Waals surface area contributed by atoms with Gasteiger partial charge in [0, 0.05) is 21.2 Å². The summed E-state index contributed by atoms with van der Waals surface area (Å²) in [5.41, 5.74) is 17.3. The second kappa shape index (κ2) is 16.3. The molecular weight excluding hydrogens is 733 g/mol. The summed E-state index contributed by atoms with van der Waals surface area (Å²) in [6.07, 6.45) is 4.26. The van der Waals surface area contributed by atoms with Gasteiger partial charge in [-0.1, -0.05) is 177 Å². The predicted octanol–water partition coefficient (Wildman–Crippen LogP) is 15.7. The van der Waals surface area contributed by atoms with Crippen LogP contribution in [-0.2, 0) is 0 Å². The summed E-state index contributed by atoms with van der Waals surface area (Å²) in [5, 5.41) is 1.13. The van der Waals surface area contributed by atoms with Gasteiger partial charge in [0.1, 0.15) is 0 Å². The lowest BCUT2D eigenvalue weighted by Gasteiger charge is -2.11. The Morgan fingerprint density at radius 2 is 0.915 bits per heavy atom. The predicted molar refractivity (Wildman–Crippen MR) is 255 cm³/mol. The van der Waals surface area contributed by atoms with Gasteiger partial charge in [-0.25, -0.2) is 9.97 Å². The molecule has 3 heteroatoms. The molecule has 0 radical (unpaired) electrons. The first-order valence-corrected chi connectivity index (χ1v) is 20.7. The summed E-state index contributed by atoms with van der Waals surface area (Å²) in [6.45, 7) is 13.1. The Balaban J connectivity index is 1.05. The summed E-state index contributed by atoms with van der Waals surface area (Å²) in [4.78, 5) is 10.5. The highest BCUT2D eigenvalue weighted by atomic mass is 32.1. The minimum absolute atomic E-state index is 0.619. The zero-order valence-corrected chi connectivity index (χ0v) is 34.0. The van der Waals surface area contributed by atoms with E-state index in [1.807, 2.05) is 18.2 Å². The Hall–Kier alpha value is -7.20. The van der Waals surface area contributed by atoms with Crippen LogP contribution in [0.3, 0.4) is 0 Å². The normalized spacial score (nSPS) is 11.9. The van der Waals surface area contributed by atoms with Gasteiger partial charge in [0.25, 0.3) is 0 Å². The Labute approximate surface area is 350 Å². The third-order valence-electron chi connectivity index (χ3n) is 10.9. The van der Waals surface area contributed by atoms with Crippen molar-refractivity contribution in [2.24, 2.45) is 0 Å². The van der Waals surface area contributed by atoms with E-state index in [4.69, 9.17) is 9.97 Å². The molecule has 0 saturated carbocycles. The zero-order chi connectivity index (χ0) is 40.3. The van der Waals surface area contributed by atoms with Crippen LogP contribution < -0.4 is 0 Å². The molecule has 0 aliphatic heterocycles. The first-order chi connectivity index (χ1) is 28.9. The van der Waals surface area contributed by atoms with Crippen LogP contribution in [0.1, 0.15) is 36.4 Å². The number of thiophene rings is 1. The molecule has 0 bridgehead atoms. The van der Waals surface area contributed by atoms with E-state index >= 15 is 0 Å². The molecule has 0 spiro atoms. The Morgan fingerprint density at radius 3 is 1.59 bits per heavy atom. The molecule has 282 valence electrons. The van der Waals surface area contributed by atoms with Gasteiger partial charge in [0.05, 0.1) is 15.9 Å². The number of rotatable bonds is 10. The largest absolute Gasteiger partial charge is 0.226 e. The molecule has 7 aromatic carbocycles.